The molecule has 1 amide bonds. The normalized spacial score (nSPS) is 14.0. The average Bonchev–Trinajstić information content (AvgIpc) is 2.78. The third-order valence-corrected chi connectivity index (χ3v) is 4.59. The van der Waals surface area contributed by atoms with Crippen LogP contribution >= 0.6 is 0 Å². The fourth-order valence-electron chi connectivity index (χ4n) is 2.95. The van der Waals surface area contributed by atoms with Gasteiger partial charge >= 0.3 is 5.97 Å². The molecule has 3 rings (SSSR count). The zero-order valence-corrected chi connectivity index (χ0v) is 16.8. The molecule has 1 saturated heterocycles. The fraction of sp³-hybridized carbons (Fsp3) is 0.261. The Bertz CT molecular complexity index is 953. The summed E-state index contributed by atoms with van der Waals surface area (Å²) in [6, 6.07) is 16.6. The van der Waals surface area contributed by atoms with Gasteiger partial charge in [0.1, 0.15) is 11.6 Å². The van der Waals surface area contributed by atoms with Crippen LogP contribution in [0.3, 0.4) is 0 Å². The molecule has 2 aromatic rings. The van der Waals surface area contributed by atoms with Gasteiger partial charge in [0, 0.05) is 24.5 Å². The molecular formula is C23H23N3O4. The first kappa shape index (κ1) is 21.1. The lowest BCUT2D eigenvalue weighted by Gasteiger charge is -2.28. The molecule has 0 aliphatic carbocycles. The van der Waals surface area contributed by atoms with Gasteiger partial charge in [-0.15, -0.1) is 0 Å². The molecule has 1 aliphatic rings. The molecule has 1 fully saturated rings. The number of hydrogen-bond acceptors (Lipinski definition) is 6. The van der Waals surface area contributed by atoms with Crippen molar-refractivity contribution in [1.82, 2.24) is 0 Å². The third-order valence-electron chi connectivity index (χ3n) is 4.59. The van der Waals surface area contributed by atoms with E-state index in [0.717, 1.165) is 24.3 Å². The van der Waals surface area contributed by atoms with Crippen LogP contribution in [-0.4, -0.2) is 44.8 Å². The predicted molar refractivity (Wildman–Crippen MR) is 114 cm³/mol. The lowest BCUT2D eigenvalue weighted by molar-refractivity contribution is -0.142. The number of benzene rings is 2. The summed E-state index contributed by atoms with van der Waals surface area (Å²) < 4.78 is 10.3. The summed E-state index contributed by atoms with van der Waals surface area (Å²) >= 11 is 0. The maximum atomic E-state index is 12.1. The molecule has 0 atom stereocenters. The smallest absolute Gasteiger partial charge is 0.349 e. The van der Waals surface area contributed by atoms with Crippen LogP contribution in [0.2, 0.25) is 0 Å². The van der Waals surface area contributed by atoms with Gasteiger partial charge in [0.05, 0.1) is 13.2 Å². The van der Waals surface area contributed by atoms with Gasteiger partial charge in [-0.2, -0.15) is 5.26 Å². The van der Waals surface area contributed by atoms with Crippen molar-refractivity contribution in [2.75, 3.05) is 43.1 Å². The summed E-state index contributed by atoms with van der Waals surface area (Å²) in [6.07, 6.45) is 1.43. The van der Waals surface area contributed by atoms with Gasteiger partial charge in [-0.05, 0) is 42.8 Å². The van der Waals surface area contributed by atoms with E-state index in [1.807, 2.05) is 37.3 Å². The molecule has 1 N–H and O–H groups in total. The van der Waals surface area contributed by atoms with E-state index in [1.165, 1.54) is 6.08 Å². The Labute approximate surface area is 175 Å². The number of anilines is 2. The number of rotatable bonds is 6. The van der Waals surface area contributed by atoms with E-state index in [2.05, 4.69) is 10.2 Å². The van der Waals surface area contributed by atoms with Gasteiger partial charge in [-0.1, -0.05) is 29.8 Å². The average molecular weight is 405 g/mol. The Hall–Kier alpha value is -3.63. The van der Waals surface area contributed by atoms with Crippen molar-refractivity contribution >= 4 is 29.3 Å². The van der Waals surface area contributed by atoms with Gasteiger partial charge in [-0.3, -0.25) is 4.79 Å². The topological polar surface area (TPSA) is 91.7 Å². The monoisotopic (exact) mass is 405 g/mol. The highest BCUT2D eigenvalue weighted by Crippen LogP contribution is 2.19. The van der Waals surface area contributed by atoms with Crippen LogP contribution in [-0.2, 0) is 19.1 Å². The van der Waals surface area contributed by atoms with Gasteiger partial charge < -0.3 is 19.7 Å². The SMILES string of the molecule is Cc1ccc(/C=C(\C#N)C(=O)OCC(=O)Nc2ccc(N3CCOCC3)cc2)cc1. The van der Waals surface area contributed by atoms with Gasteiger partial charge in [0.25, 0.3) is 5.91 Å². The second-order valence-electron chi connectivity index (χ2n) is 6.85. The van der Waals surface area contributed by atoms with E-state index >= 15 is 0 Å². The summed E-state index contributed by atoms with van der Waals surface area (Å²) in [6.45, 7) is 4.54. The van der Waals surface area contributed by atoms with Gasteiger partial charge in [0.15, 0.2) is 6.61 Å². The van der Waals surface area contributed by atoms with Crippen molar-refractivity contribution in [3.05, 3.63) is 65.2 Å². The highest BCUT2D eigenvalue weighted by Gasteiger charge is 2.14. The zero-order valence-electron chi connectivity index (χ0n) is 16.8. The number of hydrogen-bond donors (Lipinski definition) is 1. The first-order valence-corrected chi connectivity index (χ1v) is 9.63. The molecule has 7 nitrogen and oxygen atoms in total. The Balaban J connectivity index is 1.51. The highest BCUT2D eigenvalue weighted by molar-refractivity contribution is 6.00. The first-order chi connectivity index (χ1) is 14.5. The minimum absolute atomic E-state index is 0.165. The summed E-state index contributed by atoms with van der Waals surface area (Å²) in [5, 5.41) is 11.9. The minimum Gasteiger partial charge on any atom is -0.451 e. The van der Waals surface area contributed by atoms with Crippen molar-refractivity contribution < 1.29 is 19.1 Å². The number of aryl methyl sites for hydroxylation is 1. The second kappa shape index (κ2) is 10.2. The van der Waals surface area contributed by atoms with E-state index in [9.17, 15) is 14.9 Å². The van der Waals surface area contributed by atoms with Crippen LogP contribution < -0.4 is 10.2 Å². The van der Waals surface area contributed by atoms with Crippen LogP contribution in [0.4, 0.5) is 11.4 Å². The third kappa shape index (κ3) is 5.93. The van der Waals surface area contributed by atoms with Crippen LogP contribution in [0, 0.1) is 18.3 Å². The van der Waals surface area contributed by atoms with E-state index in [1.54, 1.807) is 24.3 Å². The van der Waals surface area contributed by atoms with Crippen molar-refractivity contribution in [1.29, 1.82) is 5.26 Å². The van der Waals surface area contributed by atoms with E-state index in [-0.39, 0.29) is 5.57 Å². The summed E-state index contributed by atoms with van der Waals surface area (Å²) in [7, 11) is 0. The minimum atomic E-state index is -0.837. The fourth-order valence-corrected chi connectivity index (χ4v) is 2.95. The number of nitriles is 1. The number of ether oxygens (including phenoxy) is 2. The van der Waals surface area contributed by atoms with Crippen LogP contribution in [0.1, 0.15) is 11.1 Å². The molecule has 30 heavy (non-hydrogen) atoms. The molecule has 0 saturated carbocycles. The van der Waals surface area contributed by atoms with E-state index in [0.29, 0.717) is 24.5 Å². The molecule has 0 unspecified atom stereocenters. The maximum absolute atomic E-state index is 12.1. The number of nitrogens with zero attached hydrogens (tertiary/aromatic N) is 2. The lowest BCUT2D eigenvalue weighted by Crippen LogP contribution is -2.36. The molecule has 1 heterocycles. The van der Waals surface area contributed by atoms with Gasteiger partial charge in [-0.25, -0.2) is 4.79 Å². The molecule has 154 valence electrons. The van der Waals surface area contributed by atoms with Crippen molar-refractivity contribution in [3.63, 3.8) is 0 Å². The molecule has 0 aromatic heterocycles. The Morgan fingerprint density at radius 1 is 1.13 bits per heavy atom. The quantitative estimate of drug-likeness (QED) is 0.451. The number of esters is 1. The van der Waals surface area contributed by atoms with E-state index < -0.39 is 18.5 Å². The Morgan fingerprint density at radius 3 is 2.43 bits per heavy atom. The molecule has 2 aromatic carbocycles. The maximum Gasteiger partial charge on any atom is 0.349 e. The van der Waals surface area contributed by atoms with Gasteiger partial charge in [0.2, 0.25) is 0 Å². The standard InChI is InChI=1S/C23H23N3O4/c1-17-2-4-18(5-3-17)14-19(15-24)23(28)30-16-22(27)25-20-6-8-21(9-7-20)26-10-12-29-13-11-26/h2-9,14H,10-13,16H2,1H3,(H,25,27)/b19-14+. The molecular weight excluding hydrogens is 382 g/mol. The summed E-state index contributed by atoms with van der Waals surface area (Å²) in [4.78, 5) is 26.4. The second-order valence-corrected chi connectivity index (χ2v) is 6.85. The van der Waals surface area contributed by atoms with Crippen molar-refractivity contribution in [3.8, 4) is 6.07 Å². The number of morpholine rings is 1. The van der Waals surface area contributed by atoms with E-state index in [4.69, 9.17) is 9.47 Å². The molecule has 7 heteroatoms. The Kier molecular flexibility index (Phi) is 7.19. The largest absolute Gasteiger partial charge is 0.451 e. The summed E-state index contributed by atoms with van der Waals surface area (Å²) in [5.41, 5.74) is 3.27. The number of amides is 1. The molecule has 0 spiro atoms. The predicted octanol–water partition coefficient (Wildman–Crippen LogP) is 2.92. The molecule has 0 bridgehead atoms. The highest BCUT2D eigenvalue weighted by atomic mass is 16.5. The zero-order chi connectivity index (χ0) is 21.3. The number of carbonyl (C=O) groups excluding carboxylic acids is 2. The summed E-state index contributed by atoms with van der Waals surface area (Å²) in [5.74, 6) is -1.31. The van der Waals surface area contributed by atoms with Crippen LogP contribution in [0.25, 0.3) is 6.08 Å². The number of nitrogens with one attached hydrogen (secondary N) is 1. The first-order valence-electron chi connectivity index (χ1n) is 9.63. The number of carbonyl (C=O) groups is 2. The van der Waals surface area contributed by atoms with Crippen LogP contribution in [0.15, 0.2) is 54.1 Å². The lowest BCUT2D eigenvalue weighted by atomic mass is 10.1. The van der Waals surface area contributed by atoms with Crippen LogP contribution in [0.5, 0.6) is 0 Å². The molecule has 1 aliphatic heterocycles. The Morgan fingerprint density at radius 2 is 1.80 bits per heavy atom. The van der Waals surface area contributed by atoms with Crippen molar-refractivity contribution in [2.24, 2.45) is 0 Å². The van der Waals surface area contributed by atoms with Crippen molar-refractivity contribution in [2.45, 2.75) is 6.92 Å². The molecule has 0 radical (unpaired) electrons.